The van der Waals surface area contributed by atoms with Crippen molar-refractivity contribution in [2.75, 3.05) is 0 Å². The number of carbonyl (C=O) groups is 2. The second-order valence-corrected chi connectivity index (χ2v) is 11.7. The van der Waals surface area contributed by atoms with Crippen LogP contribution in [0.25, 0.3) is 16.6 Å². The lowest BCUT2D eigenvalue weighted by Crippen LogP contribution is -2.37. The number of ether oxygens (including phenoxy) is 2. The number of nitrogens with zero attached hydrogens (tertiary/aromatic N) is 2. The van der Waals surface area contributed by atoms with Crippen molar-refractivity contribution < 1.29 is 19.1 Å². The van der Waals surface area contributed by atoms with Crippen LogP contribution in [0.15, 0.2) is 53.3 Å². The topological polar surface area (TPSA) is 99.5 Å². The Balaban J connectivity index is 1.98. The second kappa shape index (κ2) is 12.5. The summed E-state index contributed by atoms with van der Waals surface area (Å²) in [5.74, 6) is 0.218. The van der Waals surface area contributed by atoms with Crippen molar-refractivity contribution in [3.8, 4) is 5.69 Å². The summed E-state index contributed by atoms with van der Waals surface area (Å²) in [6, 6.07) is 14.4. The Labute approximate surface area is 230 Å². The molecule has 0 radical (unpaired) electrons. The fourth-order valence-electron chi connectivity index (χ4n) is 4.36. The highest BCUT2D eigenvalue weighted by Crippen LogP contribution is 2.24. The quantitative estimate of drug-likeness (QED) is 0.251. The molecule has 0 spiro atoms. The SMILES string of the molecule is CC[C@H](NC(=O)OC(C)(C)C)c1nc2cccc(CCCCC(=O)OC(C)(C)C)c2c(=O)n1-c1ccccc1. The molecule has 0 aliphatic heterocycles. The monoisotopic (exact) mass is 535 g/mol. The van der Waals surface area contributed by atoms with E-state index >= 15 is 0 Å². The lowest BCUT2D eigenvalue weighted by Gasteiger charge is -2.25. The number of benzene rings is 2. The maximum atomic E-state index is 14.1. The molecule has 8 nitrogen and oxygen atoms in total. The molecule has 0 aliphatic rings. The van der Waals surface area contributed by atoms with Crippen LogP contribution in [0, 0.1) is 0 Å². The first kappa shape index (κ1) is 29.9. The number of hydrogen-bond donors (Lipinski definition) is 1. The van der Waals surface area contributed by atoms with Crippen LogP contribution in [-0.2, 0) is 20.7 Å². The molecular formula is C31H41N3O5. The minimum absolute atomic E-state index is 0.201. The summed E-state index contributed by atoms with van der Waals surface area (Å²) in [5, 5.41) is 3.43. The number of esters is 1. The van der Waals surface area contributed by atoms with Gasteiger partial charge < -0.3 is 14.8 Å². The van der Waals surface area contributed by atoms with Gasteiger partial charge in [0.1, 0.15) is 17.0 Å². The molecule has 0 bridgehead atoms. The lowest BCUT2D eigenvalue weighted by atomic mass is 10.0. The molecule has 0 saturated heterocycles. The van der Waals surface area contributed by atoms with Crippen molar-refractivity contribution in [2.24, 2.45) is 0 Å². The third-order valence-corrected chi connectivity index (χ3v) is 5.93. The average Bonchev–Trinajstić information content (AvgIpc) is 2.83. The third kappa shape index (κ3) is 8.40. The minimum Gasteiger partial charge on any atom is -0.460 e. The van der Waals surface area contributed by atoms with Crippen LogP contribution < -0.4 is 10.9 Å². The van der Waals surface area contributed by atoms with Gasteiger partial charge in [0, 0.05) is 6.42 Å². The number of unbranched alkanes of at least 4 members (excludes halogenated alkanes) is 1. The third-order valence-electron chi connectivity index (χ3n) is 5.93. The predicted molar refractivity (Wildman–Crippen MR) is 153 cm³/mol. The normalized spacial score (nSPS) is 12.7. The molecule has 8 heteroatoms. The molecule has 1 N–H and O–H groups in total. The van der Waals surface area contributed by atoms with Crippen molar-refractivity contribution in [2.45, 2.75) is 97.8 Å². The summed E-state index contributed by atoms with van der Waals surface area (Å²) >= 11 is 0. The van der Waals surface area contributed by atoms with Crippen LogP contribution in [0.2, 0.25) is 0 Å². The maximum Gasteiger partial charge on any atom is 0.408 e. The number of fused-ring (bicyclic) bond motifs is 1. The van der Waals surface area contributed by atoms with E-state index in [1.165, 1.54) is 0 Å². The van der Waals surface area contributed by atoms with E-state index in [4.69, 9.17) is 14.5 Å². The van der Waals surface area contributed by atoms with Crippen molar-refractivity contribution in [3.05, 3.63) is 70.3 Å². The van der Waals surface area contributed by atoms with Crippen molar-refractivity contribution in [1.29, 1.82) is 0 Å². The molecular weight excluding hydrogens is 494 g/mol. The number of aromatic nitrogens is 2. The molecule has 3 rings (SSSR count). The summed E-state index contributed by atoms with van der Waals surface area (Å²) < 4.78 is 12.5. The molecule has 0 aliphatic carbocycles. The first-order chi connectivity index (χ1) is 18.3. The zero-order valence-corrected chi connectivity index (χ0v) is 24.2. The molecule has 1 atom stereocenters. The van der Waals surface area contributed by atoms with Crippen molar-refractivity contribution in [1.82, 2.24) is 14.9 Å². The Kier molecular flexibility index (Phi) is 9.54. The highest BCUT2D eigenvalue weighted by molar-refractivity contribution is 5.82. The van der Waals surface area contributed by atoms with Crippen LogP contribution >= 0.6 is 0 Å². The first-order valence-electron chi connectivity index (χ1n) is 13.6. The van der Waals surface area contributed by atoms with E-state index in [1.807, 2.05) is 76.2 Å². The molecule has 2 aromatic carbocycles. The standard InChI is InChI=1S/C31H41N3O5/c1-8-23(33-29(37)39-31(5,6)7)27-32-24-19-14-16-21(15-12-13-20-25(35)38-30(2,3)4)26(24)28(36)34(27)22-17-10-9-11-18-22/h9-11,14,16-19,23H,8,12-13,15,20H2,1-7H3,(H,33,37)/t23-/m0/s1. The molecule has 1 aromatic heterocycles. The fourth-order valence-corrected chi connectivity index (χ4v) is 4.36. The van der Waals surface area contributed by atoms with Gasteiger partial charge in [-0.2, -0.15) is 0 Å². The number of aryl methyl sites for hydroxylation is 1. The summed E-state index contributed by atoms with van der Waals surface area (Å²) in [7, 11) is 0. The van der Waals surface area contributed by atoms with Gasteiger partial charge in [0.2, 0.25) is 0 Å². The van der Waals surface area contributed by atoms with E-state index in [1.54, 1.807) is 25.3 Å². The van der Waals surface area contributed by atoms with Crippen molar-refractivity contribution >= 4 is 23.0 Å². The molecule has 0 unspecified atom stereocenters. The first-order valence-corrected chi connectivity index (χ1v) is 13.6. The highest BCUT2D eigenvalue weighted by atomic mass is 16.6. The molecule has 3 aromatic rings. The van der Waals surface area contributed by atoms with E-state index in [2.05, 4.69) is 5.32 Å². The van der Waals surface area contributed by atoms with Gasteiger partial charge >= 0.3 is 12.1 Å². The minimum atomic E-state index is -0.656. The number of carbonyl (C=O) groups excluding carboxylic acids is 2. The number of amides is 1. The summed E-state index contributed by atoms with van der Waals surface area (Å²) in [6.45, 7) is 12.9. The van der Waals surface area contributed by atoms with Crippen LogP contribution in [0.4, 0.5) is 4.79 Å². The Morgan fingerprint density at radius 2 is 1.59 bits per heavy atom. The Hall–Kier alpha value is -3.68. The maximum absolute atomic E-state index is 14.1. The molecule has 0 saturated carbocycles. The van der Waals surface area contributed by atoms with Gasteiger partial charge in [-0.3, -0.25) is 14.2 Å². The molecule has 1 heterocycles. The number of nitrogens with one attached hydrogen (secondary N) is 1. The fraction of sp³-hybridized carbons (Fsp3) is 0.484. The van der Waals surface area contributed by atoms with Crippen molar-refractivity contribution in [3.63, 3.8) is 0 Å². The highest BCUT2D eigenvalue weighted by Gasteiger charge is 2.25. The van der Waals surface area contributed by atoms with Crippen LogP contribution in [0.3, 0.4) is 0 Å². The van der Waals surface area contributed by atoms with E-state index in [-0.39, 0.29) is 11.5 Å². The summed E-state index contributed by atoms with van der Waals surface area (Å²) in [5.41, 5.74) is 0.739. The van der Waals surface area contributed by atoms with E-state index < -0.39 is 23.3 Å². The van der Waals surface area contributed by atoms with Crippen LogP contribution in [0.5, 0.6) is 0 Å². The van der Waals surface area contributed by atoms with Gasteiger partial charge in [0.15, 0.2) is 0 Å². The number of rotatable bonds is 9. The smallest absolute Gasteiger partial charge is 0.408 e. The molecule has 1 amide bonds. The van der Waals surface area contributed by atoms with Gasteiger partial charge in [-0.25, -0.2) is 9.78 Å². The molecule has 0 fully saturated rings. The Bertz CT molecular complexity index is 1350. The van der Waals surface area contributed by atoms with Gasteiger partial charge in [-0.15, -0.1) is 0 Å². The van der Waals surface area contributed by atoms with Crippen LogP contribution in [-0.4, -0.2) is 32.8 Å². The number of hydrogen-bond acceptors (Lipinski definition) is 6. The average molecular weight is 536 g/mol. The Morgan fingerprint density at radius 3 is 2.21 bits per heavy atom. The number of alkyl carbamates (subject to hydrolysis) is 1. The molecule has 39 heavy (non-hydrogen) atoms. The predicted octanol–water partition coefficient (Wildman–Crippen LogP) is 6.42. The largest absolute Gasteiger partial charge is 0.460 e. The zero-order chi connectivity index (χ0) is 28.8. The van der Waals surface area contributed by atoms with Crippen LogP contribution in [0.1, 0.15) is 91.6 Å². The van der Waals surface area contributed by atoms with Gasteiger partial charge in [-0.1, -0.05) is 37.3 Å². The van der Waals surface area contributed by atoms with Gasteiger partial charge in [-0.05, 0) is 91.0 Å². The van der Waals surface area contributed by atoms with E-state index in [0.717, 1.165) is 12.0 Å². The molecule has 210 valence electrons. The summed E-state index contributed by atoms with van der Waals surface area (Å²) in [6.07, 6.45) is 2.27. The van der Waals surface area contributed by atoms with E-state index in [9.17, 15) is 14.4 Å². The lowest BCUT2D eigenvalue weighted by molar-refractivity contribution is -0.154. The second-order valence-electron chi connectivity index (χ2n) is 11.7. The van der Waals surface area contributed by atoms with E-state index in [0.29, 0.717) is 48.1 Å². The zero-order valence-electron chi connectivity index (χ0n) is 24.2. The Morgan fingerprint density at radius 1 is 0.923 bits per heavy atom. The number of para-hydroxylation sites is 1. The van der Waals surface area contributed by atoms with Gasteiger partial charge in [0.05, 0.1) is 22.6 Å². The summed E-state index contributed by atoms with van der Waals surface area (Å²) in [4.78, 5) is 43.8. The van der Waals surface area contributed by atoms with Gasteiger partial charge in [0.25, 0.3) is 5.56 Å².